The highest BCUT2D eigenvalue weighted by molar-refractivity contribution is 5.87. The molecule has 5 heteroatoms. The molecule has 18 heavy (non-hydrogen) atoms. The van der Waals surface area contributed by atoms with Gasteiger partial charge >= 0.3 is 0 Å². The first-order valence-corrected chi connectivity index (χ1v) is 5.15. The zero-order valence-electron chi connectivity index (χ0n) is 9.28. The van der Waals surface area contributed by atoms with E-state index < -0.39 is 17.2 Å². The van der Waals surface area contributed by atoms with Crippen LogP contribution in [0.4, 0.5) is 5.69 Å². The third-order valence-corrected chi connectivity index (χ3v) is 2.39. The van der Waals surface area contributed by atoms with Gasteiger partial charge in [0.15, 0.2) is 11.5 Å². The number of phenols is 4. The third kappa shape index (κ3) is 2.20. The van der Waals surface area contributed by atoms with Crippen LogP contribution in [0.5, 0.6) is 23.0 Å². The molecule has 0 aliphatic heterocycles. The topological polar surface area (TPSA) is 93.3 Å². The summed E-state index contributed by atoms with van der Waals surface area (Å²) in [6.45, 7) is 0. The van der Waals surface area contributed by atoms with E-state index in [0.717, 1.165) is 0 Å². The Morgan fingerprint density at radius 3 is 2.22 bits per heavy atom. The summed E-state index contributed by atoms with van der Waals surface area (Å²) in [6.07, 6.45) is 1.28. The SMILES string of the molecule is Oc1ccccc1/N=C/c1ccc(O)c(O)c1O. The fourth-order valence-corrected chi connectivity index (χ4v) is 1.40. The lowest BCUT2D eigenvalue weighted by Crippen LogP contribution is -1.83. The van der Waals surface area contributed by atoms with Gasteiger partial charge in [0.1, 0.15) is 11.4 Å². The van der Waals surface area contributed by atoms with Gasteiger partial charge in [-0.15, -0.1) is 0 Å². The third-order valence-electron chi connectivity index (χ3n) is 2.39. The molecule has 92 valence electrons. The van der Waals surface area contributed by atoms with Crippen molar-refractivity contribution in [1.29, 1.82) is 0 Å². The van der Waals surface area contributed by atoms with E-state index in [-0.39, 0.29) is 11.3 Å². The lowest BCUT2D eigenvalue weighted by atomic mass is 10.2. The molecule has 0 aliphatic carbocycles. The van der Waals surface area contributed by atoms with E-state index in [4.69, 9.17) is 5.11 Å². The Hall–Kier alpha value is -2.69. The van der Waals surface area contributed by atoms with Crippen LogP contribution in [0.25, 0.3) is 0 Å². The molecule has 5 nitrogen and oxygen atoms in total. The number of hydrogen-bond acceptors (Lipinski definition) is 5. The maximum atomic E-state index is 9.56. The maximum Gasteiger partial charge on any atom is 0.200 e. The van der Waals surface area contributed by atoms with E-state index in [2.05, 4.69) is 4.99 Å². The number of nitrogens with zero attached hydrogens (tertiary/aromatic N) is 1. The normalized spacial score (nSPS) is 10.9. The van der Waals surface area contributed by atoms with Crippen molar-refractivity contribution in [3.05, 3.63) is 42.0 Å². The number of aliphatic imine (C=N–C) groups is 1. The van der Waals surface area contributed by atoms with Crippen LogP contribution in [0.15, 0.2) is 41.4 Å². The Bertz CT molecular complexity index is 608. The largest absolute Gasteiger partial charge is 0.506 e. The first kappa shape index (κ1) is 11.8. The highest BCUT2D eigenvalue weighted by Gasteiger charge is 2.09. The van der Waals surface area contributed by atoms with Gasteiger partial charge < -0.3 is 20.4 Å². The molecule has 2 rings (SSSR count). The van der Waals surface area contributed by atoms with Gasteiger partial charge in [0.25, 0.3) is 0 Å². The molecule has 0 heterocycles. The van der Waals surface area contributed by atoms with Gasteiger partial charge in [-0.3, -0.25) is 4.99 Å². The molecule has 0 amide bonds. The van der Waals surface area contributed by atoms with Crippen molar-refractivity contribution in [3.63, 3.8) is 0 Å². The maximum absolute atomic E-state index is 9.56. The van der Waals surface area contributed by atoms with E-state index in [1.54, 1.807) is 18.2 Å². The van der Waals surface area contributed by atoms with Crippen molar-refractivity contribution in [1.82, 2.24) is 0 Å². The Kier molecular flexibility index (Phi) is 3.05. The first-order chi connectivity index (χ1) is 8.59. The highest BCUT2D eigenvalue weighted by atomic mass is 16.3. The number of phenolic OH excluding ortho intramolecular Hbond substituents is 4. The van der Waals surface area contributed by atoms with Crippen LogP contribution in [0.2, 0.25) is 0 Å². The van der Waals surface area contributed by atoms with Crippen molar-refractivity contribution in [2.24, 2.45) is 4.99 Å². The van der Waals surface area contributed by atoms with Gasteiger partial charge in [0, 0.05) is 11.8 Å². The van der Waals surface area contributed by atoms with E-state index in [0.29, 0.717) is 5.69 Å². The Morgan fingerprint density at radius 2 is 1.50 bits per heavy atom. The second-order valence-electron chi connectivity index (χ2n) is 3.62. The number of benzene rings is 2. The summed E-state index contributed by atoms with van der Waals surface area (Å²) in [5.41, 5.74) is 0.568. The van der Waals surface area contributed by atoms with Crippen LogP contribution in [0.3, 0.4) is 0 Å². The van der Waals surface area contributed by atoms with Gasteiger partial charge in [-0.1, -0.05) is 12.1 Å². The average Bonchev–Trinajstić information content (AvgIpc) is 2.37. The van der Waals surface area contributed by atoms with Crippen molar-refractivity contribution in [2.45, 2.75) is 0 Å². The number of aromatic hydroxyl groups is 4. The van der Waals surface area contributed by atoms with Crippen LogP contribution in [-0.2, 0) is 0 Å². The predicted octanol–water partition coefficient (Wildman–Crippen LogP) is 2.26. The molecule has 0 atom stereocenters. The van der Waals surface area contributed by atoms with Gasteiger partial charge in [-0.25, -0.2) is 0 Å². The zero-order valence-corrected chi connectivity index (χ0v) is 9.28. The first-order valence-electron chi connectivity index (χ1n) is 5.15. The quantitative estimate of drug-likeness (QED) is 0.482. The van der Waals surface area contributed by atoms with E-state index in [1.165, 1.54) is 24.4 Å². The minimum atomic E-state index is -0.601. The molecule has 4 N–H and O–H groups in total. The van der Waals surface area contributed by atoms with E-state index in [9.17, 15) is 15.3 Å². The van der Waals surface area contributed by atoms with Crippen LogP contribution in [-0.4, -0.2) is 26.6 Å². The smallest absolute Gasteiger partial charge is 0.200 e. The molecule has 2 aromatic rings. The number of para-hydroxylation sites is 2. The van der Waals surface area contributed by atoms with Gasteiger partial charge in [0.05, 0.1) is 0 Å². The molecule has 0 bridgehead atoms. The monoisotopic (exact) mass is 245 g/mol. The summed E-state index contributed by atoms with van der Waals surface area (Å²) in [5, 5.41) is 37.5. The molecule has 0 aliphatic rings. The van der Waals surface area contributed by atoms with Crippen LogP contribution < -0.4 is 0 Å². The Balaban J connectivity index is 2.36. The fourth-order valence-electron chi connectivity index (χ4n) is 1.40. The van der Waals surface area contributed by atoms with Crippen LogP contribution in [0.1, 0.15) is 5.56 Å². The molecule has 2 aromatic carbocycles. The standard InChI is InChI=1S/C13H11NO4/c15-10-4-2-1-3-9(10)14-7-8-5-6-11(16)13(18)12(8)17/h1-7,15-18H/b14-7+. The second kappa shape index (κ2) is 4.67. The summed E-state index contributed by atoms with van der Waals surface area (Å²) < 4.78 is 0. The van der Waals surface area contributed by atoms with E-state index >= 15 is 0 Å². The Labute approximate surface area is 103 Å². The van der Waals surface area contributed by atoms with Crippen LogP contribution >= 0.6 is 0 Å². The lowest BCUT2D eigenvalue weighted by molar-refractivity contribution is 0.367. The molecule has 0 unspecified atom stereocenters. The average molecular weight is 245 g/mol. The van der Waals surface area contributed by atoms with Crippen LogP contribution in [0, 0.1) is 0 Å². The summed E-state index contributed by atoms with van der Waals surface area (Å²) >= 11 is 0. The molecular formula is C13H11NO4. The fraction of sp³-hybridized carbons (Fsp3) is 0. The minimum Gasteiger partial charge on any atom is -0.506 e. The summed E-state index contributed by atoms with van der Waals surface area (Å²) in [6, 6.07) is 9.10. The summed E-state index contributed by atoms with van der Waals surface area (Å²) in [7, 11) is 0. The van der Waals surface area contributed by atoms with Crippen molar-refractivity contribution in [2.75, 3.05) is 0 Å². The lowest BCUT2D eigenvalue weighted by Gasteiger charge is -2.03. The molecular weight excluding hydrogens is 234 g/mol. The number of hydrogen-bond donors (Lipinski definition) is 4. The highest BCUT2D eigenvalue weighted by Crippen LogP contribution is 2.36. The minimum absolute atomic E-state index is 0.0104. The van der Waals surface area contributed by atoms with E-state index in [1.807, 2.05) is 0 Å². The molecule has 0 fully saturated rings. The second-order valence-corrected chi connectivity index (χ2v) is 3.62. The molecule has 0 radical (unpaired) electrons. The molecule has 0 aromatic heterocycles. The Morgan fingerprint density at radius 1 is 0.778 bits per heavy atom. The molecule has 0 saturated heterocycles. The predicted molar refractivity (Wildman–Crippen MR) is 66.8 cm³/mol. The van der Waals surface area contributed by atoms with Crippen molar-refractivity contribution >= 4 is 11.9 Å². The zero-order chi connectivity index (χ0) is 13.1. The molecule has 0 saturated carbocycles. The number of rotatable bonds is 2. The summed E-state index contributed by atoms with van der Waals surface area (Å²) in [5.74, 6) is -1.46. The van der Waals surface area contributed by atoms with Gasteiger partial charge in [-0.2, -0.15) is 0 Å². The summed E-state index contributed by atoms with van der Waals surface area (Å²) in [4.78, 5) is 3.98. The van der Waals surface area contributed by atoms with Gasteiger partial charge in [-0.05, 0) is 24.3 Å². The molecule has 0 spiro atoms. The van der Waals surface area contributed by atoms with Crippen molar-refractivity contribution in [3.8, 4) is 23.0 Å². The van der Waals surface area contributed by atoms with Gasteiger partial charge in [0.2, 0.25) is 5.75 Å². The van der Waals surface area contributed by atoms with Crippen molar-refractivity contribution < 1.29 is 20.4 Å².